The first kappa shape index (κ1) is 28.6. The van der Waals surface area contributed by atoms with Crippen LogP contribution in [0.1, 0.15) is 31.9 Å². The molecule has 36 heavy (non-hydrogen) atoms. The number of hydrogen-bond donors (Lipinski definition) is 1. The summed E-state index contributed by atoms with van der Waals surface area (Å²) in [6.45, 7) is 11.2. The van der Waals surface area contributed by atoms with Crippen molar-refractivity contribution in [2.45, 2.75) is 32.7 Å². The topological polar surface area (TPSA) is 93.3 Å². The summed E-state index contributed by atoms with van der Waals surface area (Å²) in [4.78, 5) is 53.1. The van der Waals surface area contributed by atoms with Crippen molar-refractivity contribution in [3.05, 3.63) is 54.0 Å². The molecule has 1 heterocycles. The molecule has 1 fully saturated rings. The Morgan fingerprint density at radius 1 is 0.778 bits per heavy atom. The molecule has 9 nitrogen and oxygen atoms in total. The molecule has 194 valence electrons. The highest BCUT2D eigenvalue weighted by atomic mass is 16.2. The maximum Gasteiger partial charge on any atom is 0.234 e. The highest BCUT2D eigenvalue weighted by Gasteiger charge is 2.16. The third-order valence-corrected chi connectivity index (χ3v) is 6.14. The summed E-state index contributed by atoms with van der Waals surface area (Å²) in [5, 5.41) is 2.99. The van der Waals surface area contributed by atoms with Crippen LogP contribution in [0.4, 0.5) is 0 Å². The Bertz CT molecular complexity index is 950. The van der Waals surface area contributed by atoms with E-state index < -0.39 is 0 Å². The van der Waals surface area contributed by atoms with Crippen LogP contribution in [0.3, 0.4) is 0 Å². The largest absolute Gasteiger partial charge is 0.365 e. The molecule has 0 saturated carbocycles. The van der Waals surface area contributed by atoms with Crippen LogP contribution in [0, 0.1) is 0 Å². The first-order valence-corrected chi connectivity index (χ1v) is 12.2. The fourth-order valence-electron chi connectivity index (χ4n) is 3.85. The van der Waals surface area contributed by atoms with Crippen molar-refractivity contribution in [1.29, 1.82) is 0 Å². The third-order valence-electron chi connectivity index (χ3n) is 6.14. The molecule has 0 unspecified atom stereocenters. The molecule has 1 aromatic rings. The molecular formula is C27H37N5O4. The number of nitrogens with zero attached hydrogens (tertiary/aromatic N) is 4. The second-order valence-corrected chi connectivity index (χ2v) is 9.85. The van der Waals surface area contributed by atoms with Crippen molar-refractivity contribution in [1.82, 2.24) is 24.9 Å². The Hall–Kier alpha value is -3.60. The van der Waals surface area contributed by atoms with Crippen LogP contribution >= 0.6 is 0 Å². The first-order valence-electron chi connectivity index (χ1n) is 12.2. The van der Waals surface area contributed by atoms with Crippen LogP contribution in [0.5, 0.6) is 0 Å². The molecule has 9 heteroatoms. The van der Waals surface area contributed by atoms with E-state index in [1.54, 1.807) is 10.8 Å². The third kappa shape index (κ3) is 10.3. The van der Waals surface area contributed by atoms with Gasteiger partial charge in [0.2, 0.25) is 5.91 Å². The summed E-state index contributed by atoms with van der Waals surface area (Å²) < 4.78 is 0. The minimum atomic E-state index is -0.0979. The van der Waals surface area contributed by atoms with Gasteiger partial charge in [0.1, 0.15) is 17.8 Å². The predicted molar refractivity (Wildman–Crippen MR) is 139 cm³/mol. The fourth-order valence-corrected chi connectivity index (χ4v) is 3.85. The number of carbonyl (C=O) groups excluding carboxylic acids is 4. The second-order valence-electron chi connectivity index (χ2n) is 9.85. The molecule has 0 bridgehead atoms. The van der Waals surface area contributed by atoms with Gasteiger partial charge in [-0.25, -0.2) is 14.4 Å². The number of rotatable bonds is 7. The van der Waals surface area contributed by atoms with Crippen molar-refractivity contribution in [3.63, 3.8) is 0 Å². The molecule has 0 radical (unpaired) electrons. The molecule has 1 amide bonds. The average Bonchev–Trinajstić information content (AvgIpc) is 2.84. The van der Waals surface area contributed by atoms with Gasteiger partial charge in [0.25, 0.3) is 0 Å². The van der Waals surface area contributed by atoms with E-state index in [9.17, 15) is 19.2 Å². The van der Waals surface area contributed by atoms with E-state index in [-0.39, 0.29) is 17.9 Å². The van der Waals surface area contributed by atoms with E-state index in [4.69, 9.17) is 0 Å². The molecule has 1 aliphatic heterocycles. The van der Waals surface area contributed by atoms with Crippen molar-refractivity contribution in [2.75, 3.05) is 58.9 Å². The molecule has 2 rings (SSSR count). The molecule has 0 aliphatic carbocycles. The first-order chi connectivity index (χ1) is 17.2. The average molecular weight is 496 g/mol. The number of carbonyl (C=O) groups is 1. The maximum atomic E-state index is 12.7. The number of nitrogens with one attached hydrogen (secondary N) is 1. The van der Waals surface area contributed by atoms with E-state index in [1.165, 1.54) is 24.2 Å². The lowest BCUT2D eigenvalue weighted by Crippen LogP contribution is -2.45. The van der Waals surface area contributed by atoms with Gasteiger partial charge < -0.3 is 20.0 Å². The number of amides is 1. The number of benzene rings is 1. The molecule has 0 spiro atoms. The maximum absolute atomic E-state index is 12.7. The van der Waals surface area contributed by atoms with Crippen molar-refractivity contribution >= 4 is 23.7 Å². The van der Waals surface area contributed by atoms with Crippen molar-refractivity contribution in [2.24, 2.45) is 0 Å². The Morgan fingerprint density at radius 3 is 1.58 bits per heavy atom. The molecule has 1 aliphatic rings. The van der Waals surface area contributed by atoms with Gasteiger partial charge >= 0.3 is 0 Å². The standard InChI is InChI=1S/C27H37N5O4/c1-27(2,3)25-6-4-24(5-7-25)22-28-26(36)23-32-14-12-30(17-20-34)10-8-29(16-19-33)9-11-31(13-15-32)18-21-35/h4-7,16-18H,8-15,22-23H2,1-3H3,(H,28,36). The lowest BCUT2D eigenvalue weighted by Gasteiger charge is -2.32. The van der Waals surface area contributed by atoms with Gasteiger partial charge in [0, 0.05) is 58.9 Å². The van der Waals surface area contributed by atoms with Crippen LogP contribution in [0.25, 0.3) is 0 Å². The molecule has 1 aromatic carbocycles. The summed E-state index contributed by atoms with van der Waals surface area (Å²) in [6, 6.07) is 8.25. The van der Waals surface area contributed by atoms with Gasteiger partial charge in [0.05, 0.1) is 25.1 Å². The van der Waals surface area contributed by atoms with Gasteiger partial charge in [-0.3, -0.25) is 9.69 Å². The normalized spacial score (nSPS) is 15.9. The highest BCUT2D eigenvalue weighted by molar-refractivity contribution is 5.78. The Labute approximate surface area is 213 Å². The highest BCUT2D eigenvalue weighted by Crippen LogP contribution is 2.22. The Balaban J connectivity index is 2.02. The van der Waals surface area contributed by atoms with Crippen LogP contribution < -0.4 is 5.32 Å². The van der Waals surface area contributed by atoms with Crippen LogP contribution in [-0.2, 0) is 31.1 Å². The Morgan fingerprint density at radius 2 is 1.19 bits per heavy atom. The molecule has 1 saturated heterocycles. The van der Waals surface area contributed by atoms with E-state index in [1.807, 2.05) is 38.7 Å². The van der Waals surface area contributed by atoms with E-state index in [0.717, 1.165) is 5.56 Å². The quantitative estimate of drug-likeness (QED) is 0.557. The number of hydrogen-bond acceptors (Lipinski definition) is 8. The van der Waals surface area contributed by atoms with E-state index in [2.05, 4.69) is 38.2 Å². The Kier molecular flexibility index (Phi) is 11.7. The van der Waals surface area contributed by atoms with Gasteiger partial charge in [-0.15, -0.1) is 0 Å². The molecular weight excluding hydrogens is 458 g/mol. The zero-order chi connectivity index (χ0) is 26.4. The predicted octanol–water partition coefficient (Wildman–Crippen LogP) is 0.858. The zero-order valence-corrected chi connectivity index (χ0v) is 21.5. The lowest BCUT2D eigenvalue weighted by atomic mass is 9.87. The minimum absolute atomic E-state index is 0.0755. The lowest BCUT2D eigenvalue weighted by molar-refractivity contribution is -0.122. The smallest absolute Gasteiger partial charge is 0.234 e. The van der Waals surface area contributed by atoms with Gasteiger partial charge in [0.15, 0.2) is 0 Å². The summed E-state index contributed by atoms with van der Waals surface area (Å²) in [5.41, 5.74) is 2.35. The molecule has 0 atom stereocenters. The van der Waals surface area contributed by atoms with Crippen molar-refractivity contribution in [3.8, 4) is 0 Å². The molecule has 1 N–H and O–H groups in total. The SMILES string of the molecule is CC(C)(C)c1ccc(CNC(=O)CN2CCN(C=C=O)CCN(C=C=O)CCN(C=C=O)CC2)cc1. The van der Waals surface area contributed by atoms with Crippen LogP contribution in [-0.4, -0.2) is 102 Å². The van der Waals surface area contributed by atoms with Crippen LogP contribution in [0.2, 0.25) is 0 Å². The minimum Gasteiger partial charge on any atom is -0.365 e. The monoisotopic (exact) mass is 495 g/mol. The summed E-state index contributed by atoms with van der Waals surface area (Å²) in [7, 11) is 0. The van der Waals surface area contributed by atoms with E-state index >= 15 is 0 Å². The van der Waals surface area contributed by atoms with Gasteiger partial charge in [-0.05, 0) is 16.5 Å². The zero-order valence-electron chi connectivity index (χ0n) is 21.5. The summed E-state index contributed by atoms with van der Waals surface area (Å²) in [5.74, 6) is 5.33. The summed E-state index contributed by atoms with van der Waals surface area (Å²) >= 11 is 0. The second kappa shape index (κ2) is 14.7. The summed E-state index contributed by atoms with van der Waals surface area (Å²) in [6.07, 6.45) is 4.05. The fraction of sp³-hybridized carbons (Fsp3) is 0.519. The van der Waals surface area contributed by atoms with Crippen molar-refractivity contribution < 1.29 is 19.2 Å². The van der Waals surface area contributed by atoms with E-state index in [0.29, 0.717) is 58.9 Å². The molecule has 0 aromatic heterocycles. The van der Waals surface area contributed by atoms with Gasteiger partial charge in [-0.1, -0.05) is 45.0 Å². The van der Waals surface area contributed by atoms with Crippen LogP contribution in [0.15, 0.2) is 42.9 Å². The van der Waals surface area contributed by atoms with Gasteiger partial charge in [-0.2, -0.15) is 0 Å².